The highest BCUT2D eigenvalue weighted by atomic mass is 32.1. The van der Waals surface area contributed by atoms with Crippen LogP contribution in [0.3, 0.4) is 0 Å². The molecule has 172 valence electrons. The molecule has 0 atom stereocenters. The Bertz CT molecular complexity index is 1350. The number of fused-ring (bicyclic) bond motifs is 3. The van der Waals surface area contributed by atoms with Crippen LogP contribution >= 0.6 is 11.3 Å². The Morgan fingerprint density at radius 1 is 0.941 bits per heavy atom. The molecule has 0 bridgehead atoms. The smallest absolute Gasteiger partial charge is 0.264 e. The lowest BCUT2D eigenvalue weighted by molar-refractivity contribution is 0.0751. The second-order valence-electron chi connectivity index (χ2n) is 8.88. The second kappa shape index (κ2) is 8.40. The number of benzene rings is 2. The largest absolute Gasteiger partial charge is 0.368 e. The maximum absolute atomic E-state index is 13.4. The first kappa shape index (κ1) is 21.1. The zero-order chi connectivity index (χ0) is 23.2. The van der Waals surface area contributed by atoms with Gasteiger partial charge in [0.05, 0.1) is 22.0 Å². The number of aryl methyl sites for hydroxylation is 2. The summed E-state index contributed by atoms with van der Waals surface area (Å²) in [6.45, 7) is 4.87. The minimum Gasteiger partial charge on any atom is -0.368 e. The summed E-state index contributed by atoms with van der Waals surface area (Å²) >= 11 is 1.60. The van der Waals surface area contributed by atoms with Crippen molar-refractivity contribution in [2.75, 3.05) is 31.1 Å². The monoisotopic (exact) mass is 472 g/mol. The molecule has 1 aliphatic carbocycles. The molecular formula is C27H25FN4OS. The number of piperazine rings is 1. The number of amides is 1. The van der Waals surface area contributed by atoms with E-state index in [0.717, 1.165) is 47.9 Å². The number of carbonyl (C=O) groups is 1. The van der Waals surface area contributed by atoms with Crippen LogP contribution in [0.2, 0.25) is 0 Å². The molecule has 6 rings (SSSR count). The fourth-order valence-corrected chi connectivity index (χ4v) is 6.34. The highest BCUT2D eigenvalue weighted by molar-refractivity contribution is 7.17. The third-order valence-electron chi connectivity index (χ3n) is 6.79. The van der Waals surface area contributed by atoms with Crippen LogP contribution in [0.15, 0.2) is 60.7 Å². The van der Waals surface area contributed by atoms with Crippen LogP contribution in [0.25, 0.3) is 16.1 Å². The Hall–Kier alpha value is -3.45. The van der Waals surface area contributed by atoms with Crippen molar-refractivity contribution >= 4 is 22.9 Å². The van der Waals surface area contributed by atoms with Crippen molar-refractivity contribution in [1.82, 2.24) is 14.7 Å². The van der Waals surface area contributed by atoms with Crippen molar-refractivity contribution in [2.45, 2.75) is 19.8 Å². The van der Waals surface area contributed by atoms with E-state index in [1.807, 2.05) is 23.1 Å². The highest BCUT2D eigenvalue weighted by Gasteiger charge is 2.30. The normalized spacial score (nSPS) is 15.2. The van der Waals surface area contributed by atoms with Gasteiger partial charge in [0.25, 0.3) is 5.91 Å². The van der Waals surface area contributed by atoms with Crippen molar-refractivity contribution in [3.05, 3.63) is 88.3 Å². The number of halogens is 1. The maximum Gasteiger partial charge on any atom is 0.264 e. The number of carbonyl (C=O) groups excluding carboxylic acids is 1. The Kier molecular flexibility index (Phi) is 5.21. The van der Waals surface area contributed by atoms with Gasteiger partial charge < -0.3 is 9.80 Å². The van der Waals surface area contributed by atoms with Gasteiger partial charge >= 0.3 is 0 Å². The Morgan fingerprint density at radius 2 is 1.68 bits per heavy atom. The topological polar surface area (TPSA) is 41.4 Å². The van der Waals surface area contributed by atoms with E-state index in [1.165, 1.54) is 33.8 Å². The van der Waals surface area contributed by atoms with Gasteiger partial charge in [0.15, 0.2) is 0 Å². The summed E-state index contributed by atoms with van der Waals surface area (Å²) in [5.74, 6) is -0.125. The number of rotatable bonds is 3. The molecule has 1 saturated heterocycles. The first-order chi connectivity index (χ1) is 16.6. The van der Waals surface area contributed by atoms with E-state index in [-0.39, 0.29) is 11.7 Å². The minimum atomic E-state index is -0.230. The third kappa shape index (κ3) is 3.60. The summed E-state index contributed by atoms with van der Waals surface area (Å²) in [4.78, 5) is 19.5. The molecule has 2 aromatic carbocycles. The van der Waals surface area contributed by atoms with Crippen molar-refractivity contribution < 1.29 is 9.18 Å². The van der Waals surface area contributed by atoms with E-state index in [2.05, 4.69) is 34.7 Å². The molecule has 1 fully saturated rings. The number of nitrogens with zero attached hydrogens (tertiary/aromatic N) is 4. The zero-order valence-corrected chi connectivity index (χ0v) is 19.8. The molecule has 7 heteroatoms. The zero-order valence-electron chi connectivity index (χ0n) is 19.0. The van der Waals surface area contributed by atoms with Crippen LogP contribution in [0.1, 0.15) is 26.6 Å². The van der Waals surface area contributed by atoms with Crippen LogP contribution in [0.4, 0.5) is 10.1 Å². The van der Waals surface area contributed by atoms with E-state index in [9.17, 15) is 9.18 Å². The first-order valence-electron chi connectivity index (χ1n) is 11.7. The summed E-state index contributed by atoms with van der Waals surface area (Å²) in [6.07, 6.45) is 1.83. The van der Waals surface area contributed by atoms with E-state index < -0.39 is 0 Å². The van der Waals surface area contributed by atoms with Crippen LogP contribution in [-0.4, -0.2) is 46.8 Å². The summed E-state index contributed by atoms with van der Waals surface area (Å²) in [5, 5.41) is 4.85. The SMILES string of the molecule is Cc1nn(-c2ccccc2)c2c1-c1sc(C(=O)N3CCN(c4ccc(F)cc4)CC3)cc1CC2. The van der Waals surface area contributed by atoms with Gasteiger partial charge in [-0.05, 0) is 67.8 Å². The van der Waals surface area contributed by atoms with Gasteiger partial charge in [-0.3, -0.25) is 4.79 Å². The molecule has 4 aromatic rings. The fourth-order valence-electron chi connectivity index (χ4n) is 5.04. The lowest BCUT2D eigenvalue weighted by atomic mass is 9.95. The van der Waals surface area contributed by atoms with Gasteiger partial charge in [-0.15, -0.1) is 11.3 Å². The molecule has 3 heterocycles. The third-order valence-corrected chi connectivity index (χ3v) is 7.98. The average molecular weight is 473 g/mol. The Balaban J connectivity index is 1.23. The van der Waals surface area contributed by atoms with Gasteiger partial charge in [-0.2, -0.15) is 5.10 Å². The van der Waals surface area contributed by atoms with Gasteiger partial charge in [0.2, 0.25) is 0 Å². The minimum absolute atomic E-state index is 0.104. The molecule has 0 N–H and O–H groups in total. The Morgan fingerprint density at radius 3 is 2.41 bits per heavy atom. The van der Waals surface area contributed by atoms with Crippen molar-refractivity contribution in [3.63, 3.8) is 0 Å². The predicted octanol–water partition coefficient (Wildman–Crippen LogP) is 5.11. The molecule has 5 nitrogen and oxygen atoms in total. The quantitative estimate of drug-likeness (QED) is 0.416. The molecule has 0 spiro atoms. The summed E-state index contributed by atoms with van der Waals surface area (Å²) in [7, 11) is 0. The molecule has 0 unspecified atom stereocenters. The van der Waals surface area contributed by atoms with E-state index in [1.54, 1.807) is 23.5 Å². The molecule has 2 aromatic heterocycles. The Labute approximate surface area is 202 Å². The lowest BCUT2D eigenvalue weighted by Gasteiger charge is -2.36. The molecule has 0 saturated carbocycles. The van der Waals surface area contributed by atoms with Crippen LogP contribution < -0.4 is 4.90 Å². The van der Waals surface area contributed by atoms with E-state index in [4.69, 9.17) is 5.10 Å². The van der Waals surface area contributed by atoms with Crippen molar-refractivity contribution in [3.8, 4) is 16.1 Å². The van der Waals surface area contributed by atoms with Gasteiger partial charge in [0, 0.05) is 42.3 Å². The van der Waals surface area contributed by atoms with Crippen molar-refractivity contribution in [2.24, 2.45) is 0 Å². The van der Waals surface area contributed by atoms with E-state index >= 15 is 0 Å². The summed E-state index contributed by atoms with van der Waals surface area (Å²) in [6, 6.07) is 18.9. The molecule has 2 aliphatic rings. The number of thiophene rings is 1. The summed E-state index contributed by atoms with van der Waals surface area (Å²) in [5.41, 5.74) is 6.75. The number of anilines is 1. The lowest BCUT2D eigenvalue weighted by Crippen LogP contribution is -2.48. The number of para-hydroxylation sites is 1. The standard InChI is InChI=1S/C27H25FN4OS/c1-18-25-23(32(29-18)22-5-3-2-4-6-22)12-7-19-17-24(34-26(19)25)27(33)31-15-13-30(14-16-31)21-10-8-20(28)9-11-21/h2-6,8-11,17H,7,12-16H2,1H3. The second-order valence-corrected chi connectivity index (χ2v) is 9.93. The summed E-state index contributed by atoms with van der Waals surface area (Å²) < 4.78 is 15.3. The fraction of sp³-hybridized carbons (Fsp3) is 0.259. The van der Waals surface area contributed by atoms with Crippen molar-refractivity contribution in [1.29, 1.82) is 0 Å². The first-order valence-corrected chi connectivity index (χ1v) is 12.5. The molecule has 34 heavy (non-hydrogen) atoms. The number of aromatic nitrogens is 2. The molecular weight excluding hydrogens is 447 g/mol. The van der Waals surface area contributed by atoms with Crippen LogP contribution in [0, 0.1) is 12.7 Å². The average Bonchev–Trinajstić information content (AvgIpc) is 3.46. The van der Waals surface area contributed by atoms with E-state index in [0.29, 0.717) is 13.1 Å². The van der Waals surface area contributed by atoms with Crippen LogP contribution in [-0.2, 0) is 12.8 Å². The van der Waals surface area contributed by atoms with Gasteiger partial charge in [0.1, 0.15) is 5.82 Å². The number of hydrogen-bond donors (Lipinski definition) is 0. The van der Waals surface area contributed by atoms with Gasteiger partial charge in [-0.1, -0.05) is 18.2 Å². The van der Waals surface area contributed by atoms with Gasteiger partial charge in [-0.25, -0.2) is 9.07 Å². The highest BCUT2D eigenvalue weighted by Crippen LogP contribution is 2.42. The molecule has 1 aliphatic heterocycles. The molecule has 1 amide bonds. The number of hydrogen-bond acceptors (Lipinski definition) is 4. The maximum atomic E-state index is 13.4. The predicted molar refractivity (Wildman–Crippen MR) is 134 cm³/mol. The molecule has 0 radical (unpaired) electrons. The van der Waals surface area contributed by atoms with Crippen LogP contribution in [0.5, 0.6) is 0 Å².